The van der Waals surface area contributed by atoms with Crippen LogP contribution in [0, 0.1) is 11.3 Å². The Kier molecular flexibility index (Phi) is 3.88. The van der Waals surface area contributed by atoms with E-state index in [1.165, 1.54) is 5.01 Å². The summed E-state index contributed by atoms with van der Waals surface area (Å²) in [5, 5.41) is 15.6. The molecule has 1 N–H and O–H groups in total. The molecule has 2 heterocycles. The molecule has 1 fully saturated rings. The van der Waals surface area contributed by atoms with E-state index < -0.39 is 0 Å². The van der Waals surface area contributed by atoms with Gasteiger partial charge in [0.25, 0.3) is 0 Å². The zero-order valence-electron chi connectivity index (χ0n) is 9.44. The first kappa shape index (κ1) is 11.5. The number of nitrogens with zero attached hydrogens (tertiary/aromatic N) is 3. The molecule has 0 spiro atoms. The Morgan fingerprint density at radius 3 is 3.31 bits per heavy atom. The average molecular weight is 236 g/mol. The molecule has 0 amide bonds. The molecule has 0 saturated carbocycles. The molecule has 1 aromatic rings. The molecular weight excluding hydrogens is 220 g/mol. The van der Waals surface area contributed by atoms with Crippen molar-refractivity contribution in [3.63, 3.8) is 0 Å². The van der Waals surface area contributed by atoms with Crippen molar-refractivity contribution in [3.05, 3.63) is 16.1 Å². The molecule has 16 heavy (non-hydrogen) atoms. The number of nitriles is 1. The third-order valence-corrected chi connectivity index (χ3v) is 3.81. The predicted octanol–water partition coefficient (Wildman–Crippen LogP) is 1.00. The number of aryl methyl sites for hydroxylation is 1. The standard InChI is InChI=1S/C11H16N4S/c1-2-11-14-9(8-16-11)7-15-4-3-13-6-10(15)5-12/h8,10,13H,2-4,6-7H2,1H3. The van der Waals surface area contributed by atoms with Crippen molar-refractivity contribution in [3.8, 4) is 6.07 Å². The lowest BCUT2D eigenvalue weighted by Crippen LogP contribution is -2.50. The zero-order chi connectivity index (χ0) is 11.4. The van der Waals surface area contributed by atoms with Crippen LogP contribution in [0.15, 0.2) is 5.38 Å². The van der Waals surface area contributed by atoms with Crippen LogP contribution in [0.2, 0.25) is 0 Å². The van der Waals surface area contributed by atoms with Gasteiger partial charge in [-0.2, -0.15) is 5.26 Å². The third-order valence-electron chi connectivity index (χ3n) is 2.77. The van der Waals surface area contributed by atoms with Gasteiger partial charge in [0.15, 0.2) is 0 Å². The summed E-state index contributed by atoms with van der Waals surface area (Å²) in [6.07, 6.45) is 0.994. The zero-order valence-corrected chi connectivity index (χ0v) is 10.3. The maximum atomic E-state index is 9.04. The number of piperazine rings is 1. The molecule has 1 aromatic heterocycles. The summed E-state index contributed by atoms with van der Waals surface area (Å²) >= 11 is 1.71. The minimum Gasteiger partial charge on any atom is -0.313 e. The van der Waals surface area contributed by atoms with E-state index in [0.29, 0.717) is 0 Å². The molecule has 0 aliphatic carbocycles. The Bertz CT molecular complexity index is 382. The summed E-state index contributed by atoms with van der Waals surface area (Å²) in [6.45, 7) is 5.57. The number of rotatable bonds is 3. The minimum atomic E-state index is -0.0134. The highest BCUT2D eigenvalue weighted by Crippen LogP contribution is 2.14. The molecule has 0 radical (unpaired) electrons. The van der Waals surface area contributed by atoms with Gasteiger partial charge in [0.05, 0.1) is 16.8 Å². The topological polar surface area (TPSA) is 52.0 Å². The fourth-order valence-electron chi connectivity index (χ4n) is 1.85. The van der Waals surface area contributed by atoms with Crippen LogP contribution in [0.5, 0.6) is 0 Å². The molecule has 4 nitrogen and oxygen atoms in total. The summed E-state index contributed by atoms with van der Waals surface area (Å²) in [7, 11) is 0. The Hall–Kier alpha value is -0.960. The fraction of sp³-hybridized carbons (Fsp3) is 0.636. The van der Waals surface area contributed by atoms with Crippen LogP contribution in [0.4, 0.5) is 0 Å². The van der Waals surface area contributed by atoms with Crippen molar-refractivity contribution in [2.75, 3.05) is 19.6 Å². The smallest absolute Gasteiger partial charge is 0.111 e. The summed E-state index contributed by atoms with van der Waals surface area (Å²) in [4.78, 5) is 6.74. The highest BCUT2D eigenvalue weighted by molar-refractivity contribution is 7.09. The number of hydrogen-bond donors (Lipinski definition) is 1. The van der Waals surface area contributed by atoms with E-state index in [-0.39, 0.29) is 6.04 Å². The Morgan fingerprint density at radius 1 is 1.75 bits per heavy atom. The van der Waals surface area contributed by atoms with Crippen molar-refractivity contribution < 1.29 is 0 Å². The second-order valence-electron chi connectivity index (χ2n) is 3.91. The molecule has 0 bridgehead atoms. The van der Waals surface area contributed by atoms with Gasteiger partial charge in [-0.25, -0.2) is 4.98 Å². The largest absolute Gasteiger partial charge is 0.313 e. The van der Waals surface area contributed by atoms with Crippen LogP contribution in [0.3, 0.4) is 0 Å². The van der Waals surface area contributed by atoms with Gasteiger partial charge in [0, 0.05) is 31.6 Å². The van der Waals surface area contributed by atoms with Gasteiger partial charge in [-0.15, -0.1) is 11.3 Å². The van der Waals surface area contributed by atoms with E-state index in [4.69, 9.17) is 5.26 Å². The maximum absolute atomic E-state index is 9.04. The van der Waals surface area contributed by atoms with E-state index in [1.54, 1.807) is 11.3 Å². The molecule has 5 heteroatoms. The van der Waals surface area contributed by atoms with Crippen LogP contribution >= 0.6 is 11.3 Å². The van der Waals surface area contributed by atoms with Crippen LogP contribution in [-0.4, -0.2) is 35.6 Å². The van der Waals surface area contributed by atoms with E-state index in [2.05, 4.69) is 33.6 Å². The van der Waals surface area contributed by atoms with Crippen molar-refractivity contribution in [2.45, 2.75) is 25.9 Å². The van der Waals surface area contributed by atoms with Crippen molar-refractivity contribution in [2.24, 2.45) is 0 Å². The van der Waals surface area contributed by atoms with Crippen molar-refractivity contribution in [1.82, 2.24) is 15.2 Å². The average Bonchev–Trinajstić information content (AvgIpc) is 2.77. The number of thiazole rings is 1. The van der Waals surface area contributed by atoms with E-state index in [9.17, 15) is 0 Å². The molecule has 1 unspecified atom stereocenters. The number of nitrogens with one attached hydrogen (secondary N) is 1. The molecule has 0 aromatic carbocycles. The first-order valence-corrected chi connectivity index (χ1v) is 6.49. The first-order valence-electron chi connectivity index (χ1n) is 5.61. The van der Waals surface area contributed by atoms with E-state index in [0.717, 1.165) is 38.3 Å². The van der Waals surface area contributed by atoms with Crippen molar-refractivity contribution in [1.29, 1.82) is 5.26 Å². The lowest BCUT2D eigenvalue weighted by molar-refractivity contribution is 0.187. The lowest BCUT2D eigenvalue weighted by atomic mass is 10.2. The monoisotopic (exact) mass is 236 g/mol. The normalized spacial score (nSPS) is 21.9. The SMILES string of the molecule is CCc1nc(CN2CCNCC2C#N)cs1. The van der Waals surface area contributed by atoms with Crippen molar-refractivity contribution >= 4 is 11.3 Å². The molecule has 86 valence electrons. The van der Waals surface area contributed by atoms with Gasteiger partial charge >= 0.3 is 0 Å². The lowest BCUT2D eigenvalue weighted by Gasteiger charge is -2.31. The molecular formula is C11H16N4S. The number of hydrogen-bond acceptors (Lipinski definition) is 5. The maximum Gasteiger partial charge on any atom is 0.111 e. The Balaban J connectivity index is 1.99. The van der Waals surface area contributed by atoms with Gasteiger partial charge in [-0.1, -0.05) is 6.92 Å². The third kappa shape index (κ3) is 2.59. The second-order valence-corrected chi connectivity index (χ2v) is 4.85. The number of aromatic nitrogens is 1. The van der Waals surface area contributed by atoms with Gasteiger partial charge in [0.1, 0.15) is 6.04 Å². The van der Waals surface area contributed by atoms with Gasteiger partial charge in [0.2, 0.25) is 0 Å². The van der Waals surface area contributed by atoms with Gasteiger partial charge in [-0.3, -0.25) is 4.90 Å². The highest BCUT2D eigenvalue weighted by Gasteiger charge is 2.22. The van der Waals surface area contributed by atoms with Crippen LogP contribution in [0.25, 0.3) is 0 Å². The summed E-state index contributed by atoms with van der Waals surface area (Å²) in [5.74, 6) is 0. The summed E-state index contributed by atoms with van der Waals surface area (Å²) in [5.41, 5.74) is 1.10. The van der Waals surface area contributed by atoms with Gasteiger partial charge in [-0.05, 0) is 6.42 Å². The van der Waals surface area contributed by atoms with Crippen LogP contribution in [0.1, 0.15) is 17.6 Å². The van der Waals surface area contributed by atoms with Gasteiger partial charge < -0.3 is 5.32 Å². The molecule has 1 saturated heterocycles. The van der Waals surface area contributed by atoms with Crippen LogP contribution in [-0.2, 0) is 13.0 Å². The molecule has 1 aliphatic heterocycles. The minimum absolute atomic E-state index is 0.0134. The first-order chi connectivity index (χ1) is 7.83. The second kappa shape index (κ2) is 5.39. The van der Waals surface area contributed by atoms with E-state index >= 15 is 0 Å². The molecule has 2 rings (SSSR count). The predicted molar refractivity (Wildman–Crippen MR) is 64.2 cm³/mol. The highest BCUT2D eigenvalue weighted by atomic mass is 32.1. The Morgan fingerprint density at radius 2 is 2.62 bits per heavy atom. The van der Waals surface area contributed by atoms with E-state index in [1.807, 2.05) is 0 Å². The molecule has 1 atom stereocenters. The summed E-state index contributed by atoms with van der Waals surface area (Å²) < 4.78 is 0. The van der Waals surface area contributed by atoms with Crippen LogP contribution < -0.4 is 5.32 Å². The summed E-state index contributed by atoms with van der Waals surface area (Å²) in [6, 6.07) is 2.32. The molecule has 1 aliphatic rings. The fourth-order valence-corrected chi connectivity index (χ4v) is 2.59. The Labute approximate surface area is 99.9 Å². The quantitative estimate of drug-likeness (QED) is 0.851.